The number of carbonyl (C=O) groups is 2. The van der Waals surface area contributed by atoms with Gasteiger partial charge in [0.05, 0.1) is 19.1 Å². The molecule has 1 N–H and O–H groups in total. The van der Waals surface area contributed by atoms with Crippen molar-refractivity contribution in [3.63, 3.8) is 0 Å². The van der Waals surface area contributed by atoms with Gasteiger partial charge in [0, 0.05) is 6.04 Å². The largest absolute Gasteiger partial charge is 0.469 e. The zero-order chi connectivity index (χ0) is 15.3. The number of rotatable bonds is 5. The quantitative estimate of drug-likeness (QED) is 0.667. The molecule has 0 bridgehead atoms. The topological polar surface area (TPSA) is 55.4 Å². The molecule has 0 radical (unpaired) electrons. The molecule has 1 aromatic rings. The normalized spacial score (nSPS) is 11.8. The highest BCUT2D eigenvalue weighted by Gasteiger charge is 2.21. The standard InChI is InChI=1S/C13H14F3NO3/c1-3-7(6-10(18)20-2)17-13(19)8-4-5-9(14)12(16)11(8)15/h4-5,7H,3,6H2,1-2H3,(H,17,19). The minimum atomic E-state index is -1.71. The average molecular weight is 289 g/mol. The van der Waals surface area contributed by atoms with E-state index < -0.39 is 40.9 Å². The van der Waals surface area contributed by atoms with Gasteiger partial charge in [-0.05, 0) is 18.6 Å². The Kier molecular flexibility index (Phi) is 5.54. The van der Waals surface area contributed by atoms with E-state index >= 15 is 0 Å². The van der Waals surface area contributed by atoms with E-state index in [9.17, 15) is 22.8 Å². The lowest BCUT2D eigenvalue weighted by molar-refractivity contribution is -0.141. The van der Waals surface area contributed by atoms with Crippen LogP contribution in [0.15, 0.2) is 12.1 Å². The summed E-state index contributed by atoms with van der Waals surface area (Å²) in [6.07, 6.45) is 0.302. The van der Waals surface area contributed by atoms with E-state index in [0.29, 0.717) is 12.5 Å². The van der Waals surface area contributed by atoms with Gasteiger partial charge in [-0.15, -0.1) is 0 Å². The molecule has 1 unspecified atom stereocenters. The molecule has 20 heavy (non-hydrogen) atoms. The molecule has 0 aliphatic carbocycles. The van der Waals surface area contributed by atoms with Crippen molar-refractivity contribution in [1.29, 1.82) is 0 Å². The Balaban J connectivity index is 2.85. The van der Waals surface area contributed by atoms with Crippen LogP contribution in [-0.2, 0) is 9.53 Å². The maximum Gasteiger partial charge on any atom is 0.307 e. The van der Waals surface area contributed by atoms with Crippen LogP contribution in [0.4, 0.5) is 13.2 Å². The molecule has 0 heterocycles. The Morgan fingerprint density at radius 2 is 1.90 bits per heavy atom. The summed E-state index contributed by atoms with van der Waals surface area (Å²) in [6, 6.07) is 0.921. The fourth-order valence-electron chi connectivity index (χ4n) is 1.55. The molecule has 0 saturated heterocycles. The fraction of sp³-hybridized carbons (Fsp3) is 0.385. The van der Waals surface area contributed by atoms with Gasteiger partial charge in [-0.2, -0.15) is 0 Å². The second-order valence-electron chi connectivity index (χ2n) is 4.08. The Morgan fingerprint density at radius 1 is 1.25 bits per heavy atom. The maximum absolute atomic E-state index is 13.4. The number of hydrogen-bond donors (Lipinski definition) is 1. The number of benzene rings is 1. The summed E-state index contributed by atoms with van der Waals surface area (Å²) in [6.45, 7) is 1.70. The lowest BCUT2D eigenvalue weighted by Gasteiger charge is -2.16. The van der Waals surface area contributed by atoms with Crippen LogP contribution in [0.25, 0.3) is 0 Å². The smallest absolute Gasteiger partial charge is 0.307 e. The summed E-state index contributed by atoms with van der Waals surface area (Å²) in [5.74, 6) is -6.10. The van der Waals surface area contributed by atoms with Crippen LogP contribution in [-0.4, -0.2) is 25.0 Å². The average Bonchev–Trinajstić information content (AvgIpc) is 2.43. The van der Waals surface area contributed by atoms with E-state index in [0.717, 1.165) is 6.07 Å². The molecule has 1 atom stereocenters. The van der Waals surface area contributed by atoms with Gasteiger partial charge in [0.25, 0.3) is 5.91 Å². The van der Waals surface area contributed by atoms with Crippen LogP contribution < -0.4 is 5.32 Å². The minimum Gasteiger partial charge on any atom is -0.469 e. The van der Waals surface area contributed by atoms with Crippen molar-refractivity contribution < 1.29 is 27.5 Å². The fourth-order valence-corrected chi connectivity index (χ4v) is 1.55. The van der Waals surface area contributed by atoms with Crippen LogP contribution in [0.5, 0.6) is 0 Å². The summed E-state index contributed by atoms with van der Waals surface area (Å²) in [5, 5.41) is 2.37. The van der Waals surface area contributed by atoms with E-state index in [1.54, 1.807) is 6.92 Å². The van der Waals surface area contributed by atoms with E-state index in [1.807, 2.05) is 0 Å². The number of ether oxygens (including phenoxy) is 1. The molecule has 0 spiro atoms. The molecule has 1 rings (SSSR count). The number of esters is 1. The number of amides is 1. The van der Waals surface area contributed by atoms with Crippen LogP contribution in [0.2, 0.25) is 0 Å². The van der Waals surface area contributed by atoms with Gasteiger partial charge >= 0.3 is 5.97 Å². The highest BCUT2D eigenvalue weighted by molar-refractivity contribution is 5.94. The predicted octanol–water partition coefficient (Wildman–Crippen LogP) is 2.18. The number of halogens is 3. The molecule has 1 aromatic carbocycles. The number of carbonyl (C=O) groups excluding carboxylic acids is 2. The molecule has 0 aromatic heterocycles. The molecule has 7 heteroatoms. The van der Waals surface area contributed by atoms with Crippen molar-refractivity contribution in [3.05, 3.63) is 35.1 Å². The zero-order valence-corrected chi connectivity index (χ0v) is 11.0. The first kappa shape index (κ1) is 16.0. The summed E-state index contributed by atoms with van der Waals surface area (Å²) in [5.41, 5.74) is -0.618. The van der Waals surface area contributed by atoms with Gasteiger partial charge in [-0.25, -0.2) is 13.2 Å². The van der Waals surface area contributed by atoms with E-state index in [1.165, 1.54) is 7.11 Å². The first-order valence-corrected chi connectivity index (χ1v) is 5.91. The van der Waals surface area contributed by atoms with Gasteiger partial charge < -0.3 is 10.1 Å². The van der Waals surface area contributed by atoms with Crippen molar-refractivity contribution in [3.8, 4) is 0 Å². The van der Waals surface area contributed by atoms with Gasteiger partial charge in [-0.1, -0.05) is 6.92 Å². The molecular weight excluding hydrogens is 275 g/mol. The molecule has 0 aliphatic rings. The molecule has 4 nitrogen and oxygen atoms in total. The molecule has 0 saturated carbocycles. The third-order valence-electron chi connectivity index (χ3n) is 2.75. The molecule has 110 valence electrons. The van der Waals surface area contributed by atoms with E-state index in [2.05, 4.69) is 10.1 Å². The molecular formula is C13H14F3NO3. The first-order chi connectivity index (χ1) is 9.40. The lowest BCUT2D eigenvalue weighted by atomic mass is 10.1. The predicted molar refractivity (Wildman–Crippen MR) is 64.5 cm³/mol. The minimum absolute atomic E-state index is 0.0932. The summed E-state index contributed by atoms with van der Waals surface area (Å²) >= 11 is 0. The lowest BCUT2D eigenvalue weighted by Crippen LogP contribution is -2.36. The third-order valence-corrected chi connectivity index (χ3v) is 2.75. The van der Waals surface area contributed by atoms with Crippen LogP contribution in [0.1, 0.15) is 30.1 Å². The molecule has 0 fully saturated rings. The maximum atomic E-state index is 13.4. The first-order valence-electron chi connectivity index (χ1n) is 5.91. The summed E-state index contributed by atoms with van der Waals surface area (Å²) < 4.78 is 43.7. The van der Waals surface area contributed by atoms with Crippen LogP contribution in [0, 0.1) is 17.5 Å². The van der Waals surface area contributed by atoms with Crippen LogP contribution >= 0.6 is 0 Å². The van der Waals surface area contributed by atoms with Crippen molar-refractivity contribution in [1.82, 2.24) is 5.32 Å². The van der Waals surface area contributed by atoms with E-state index in [4.69, 9.17) is 0 Å². The molecule has 0 aliphatic heterocycles. The third kappa shape index (κ3) is 3.72. The van der Waals surface area contributed by atoms with Gasteiger partial charge in [-0.3, -0.25) is 9.59 Å². The van der Waals surface area contributed by atoms with Crippen molar-refractivity contribution >= 4 is 11.9 Å². The SMILES string of the molecule is CCC(CC(=O)OC)NC(=O)c1ccc(F)c(F)c1F. The highest BCUT2D eigenvalue weighted by Crippen LogP contribution is 2.15. The van der Waals surface area contributed by atoms with Gasteiger partial charge in [0.15, 0.2) is 17.5 Å². The number of hydrogen-bond acceptors (Lipinski definition) is 3. The summed E-state index contributed by atoms with van der Waals surface area (Å²) in [4.78, 5) is 22.9. The Labute approximate surface area is 113 Å². The van der Waals surface area contributed by atoms with Crippen molar-refractivity contribution in [2.24, 2.45) is 0 Å². The second kappa shape index (κ2) is 6.93. The zero-order valence-electron chi connectivity index (χ0n) is 11.0. The van der Waals surface area contributed by atoms with Crippen LogP contribution in [0.3, 0.4) is 0 Å². The Bertz CT molecular complexity index is 520. The Morgan fingerprint density at radius 3 is 2.45 bits per heavy atom. The van der Waals surface area contributed by atoms with Gasteiger partial charge in [0.2, 0.25) is 0 Å². The number of methoxy groups -OCH3 is 1. The highest BCUT2D eigenvalue weighted by atomic mass is 19.2. The van der Waals surface area contributed by atoms with E-state index in [-0.39, 0.29) is 6.42 Å². The monoisotopic (exact) mass is 289 g/mol. The number of nitrogens with one attached hydrogen (secondary N) is 1. The van der Waals surface area contributed by atoms with Gasteiger partial charge in [0.1, 0.15) is 0 Å². The Hall–Kier alpha value is -2.05. The van der Waals surface area contributed by atoms with Crippen molar-refractivity contribution in [2.45, 2.75) is 25.8 Å². The second-order valence-corrected chi connectivity index (χ2v) is 4.08. The summed E-state index contributed by atoms with van der Waals surface area (Å²) in [7, 11) is 1.20. The van der Waals surface area contributed by atoms with Crippen molar-refractivity contribution in [2.75, 3.05) is 7.11 Å². The molecule has 1 amide bonds.